The normalized spacial score (nSPS) is 17.2. The molecule has 0 saturated heterocycles. The third-order valence-electron chi connectivity index (χ3n) is 4.69. The molecule has 0 fully saturated rings. The van der Waals surface area contributed by atoms with E-state index in [2.05, 4.69) is 57.6 Å². The standard InChI is InChI=1S/C18H21N5/c1-2-15-10-17(23-18(22-15)20-12-21-23)19-11-14-8-5-7-13-6-3-4-9-16(13)14/h3-4,6,9-10,12,14,19H,2,5,7-8,11H2,1H3. The molecule has 0 spiro atoms. The topological polar surface area (TPSA) is 55.1 Å². The van der Waals surface area contributed by atoms with Crippen molar-refractivity contribution in [1.29, 1.82) is 0 Å². The molecule has 1 aliphatic rings. The zero-order chi connectivity index (χ0) is 15.6. The Bertz CT molecular complexity index is 823. The summed E-state index contributed by atoms with van der Waals surface area (Å²) < 4.78 is 1.79. The van der Waals surface area contributed by atoms with Crippen LogP contribution < -0.4 is 5.32 Å². The Kier molecular flexibility index (Phi) is 3.69. The third-order valence-corrected chi connectivity index (χ3v) is 4.69. The average molecular weight is 307 g/mol. The maximum atomic E-state index is 4.49. The first-order valence-electron chi connectivity index (χ1n) is 8.36. The lowest BCUT2D eigenvalue weighted by Crippen LogP contribution is -2.19. The predicted molar refractivity (Wildman–Crippen MR) is 90.8 cm³/mol. The highest BCUT2D eigenvalue weighted by Crippen LogP contribution is 2.31. The molecule has 5 heteroatoms. The first-order chi connectivity index (χ1) is 11.3. The molecule has 4 rings (SSSR count). The lowest BCUT2D eigenvalue weighted by Gasteiger charge is -2.26. The van der Waals surface area contributed by atoms with Crippen LogP contribution in [0.15, 0.2) is 36.7 Å². The van der Waals surface area contributed by atoms with E-state index in [4.69, 9.17) is 0 Å². The molecule has 118 valence electrons. The summed E-state index contributed by atoms with van der Waals surface area (Å²) in [5, 5.41) is 7.86. The number of fused-ring (bicyclic) bond motifs is 2. The van der Waals surface area contributed by atoms with Crippen molar-refractivity contribution in [3.63, 3.8) is 0 Å². The average Bonchev–Trinajstić information content (AvgIpc) is 3.08. The number of aromatic nitrogens is 4. The quantitative estimate of drug-likeness (QED) is 0.804. The highest BCUT2D eigenvalue weighted by atomic mass is 15.3. The van der Waals surface area contributed by atoms with Gasteiger partial charge in [0.25, 0.3) is 5.78 Å². The molecule has 1 atom stereocenters. The molecule has 1 unspecified atom stereocenters. The van der Waals surface area contributed by atoms with Crippen LogP contribution in [0.3, 0.4) is 0 Å². The van der Waals surface area contributed by atoms with E-state index >= 15 is 0 Å². The number of rotatable bonds is 4. The van der Waals surface area contributed by atoms with Crippen LogP contribution in [-0.4, -0.2) is 26.1 Å². The maximum absolute atomic E-state index is 4.49. The third kappa shape index (κ3) is 2.67. The zero-order valence-electron chi connectivity index (χ0n) is 13.4. The van der Waals surface area contributed by atoms with Gasteiger partial charge in [-0.1, -0.05) is 31.2 Å². The van der Waals surface area contributed by atoms with Crippen LogP contribution in [0.4, 0.5) is 5.82 Å². The Morgan fingerprint density at radius 3 is 3.13 bits per heavy atom. The van der Waals surface area contributed by atoms with Crippen molar-refractivity contribution in [2.75, 3.05) is 11.9 Å². The van der Waals surface area contributed by atoms with E-state index in [0.717, 1.165) is 24.5 Å². The second-order valence-corrected chi connectivity index (χ2v) is 6.13. The number of aryl methyl sites for hydroxylation is 2. The fourth-order valence-corrected chi connectivity index (χ4v) is 3.46. The van der Waals surface area contributed by atoms with Crippen molar-refractivity contribution in [1.82, 2.24) is 19.6 Å². The SMILES string of the molecule is CCc1cc(NCC2CCCc3ccccc32)n2ncnc2n1. The lowest BCUT2D eigenvalue weighted by atomic mass is 9.83. The molecule has 0 amide bonds. The van der Waals surface area contributed by atoms with Gasteiger partial charge in [-0.15, -0.1) is 0 Å². The minimum absolute atomic E-state index is 0.553. The minimum Gasteiger partial charge on any atom is -0.369 e. The lowest BCUT2D eigenvalue weighted by molar-refractivity contribution is 0.570. The number of hydrogen-bond acceptors (Lipinski definition) is 4. The molecule has 0 saturated carbocycles. The molecule has 2 heterocycles. The van der Waals surface area contributed by atoms with Gasteiger partial charge in [0.2, 0.25) is 0 Å². The Labute approximate surface area is 135 Å². The van der Waals surface area contributed by atoms with E-state index in [1.165, 1.54) is 30.4 Å². The van der Waals surface area contributed by atoms with E-state index in [0.29, 0.717) is 11.7 Å². The van der Waals surface area contributed by atoms with Gasteiger partial charge in [-0.3, -0.25) is 0 Å². The van der Waals surface area contributed by atoms with Crippen LogP contribution >= 0.6 is 0 Å². The highest BCUT2D eigenvalue weighted by Gasteiger charge is 2.20. The number of nitrogens with one attached hydrogen (secondary N) is 1. The van der Waals surface area contributed by atoms with Crippen molar-refractivity contribution >= 4 is 11.6 Å². The summed E-state index contributed by atoms with van der Waals surface area (Å²) in [5.41, 5.74) is 4.03. The summed E-state index contributed by atoms with van der Waals surface area (Å²) in [4.78, 5) is 8.71. The molecule has 23 heavy (non-hydrogen) atoms. The molecular weight excluding hydrogens is 286 g/mol. The van der Waals surface area contributed by atoms with E-state index in [9.17, 15) is 0 Å². The van der Waals surface area contributed by atoms with Crippen molar-refractivity contribution in [3.05, 3.63) is 53.5 Å². The molecule has 5 nitrogen and oxygen atoms in total. The van der Waals surface area contributed by atoms with Crippen molar-refractivity contribution in [3.8, 4) is 0 Å². The van der Waals surface area contributed by atoms with Gasteiger partial charge in [-0.25, -0.2) is 4.98 Å². The number of anilines is 1. The van der Waals surface area contributed by atoms with Crippen molar-refractivity contribution < 1.29 is 0 Å². The fraction of sp³-hybridized carbons (Fsp3) is 0.389. The molecule has 1 aromatic carbocycles. The minimum atomic E-state index is 0.553. The highest BCUT2D eigenvalue weighted by molar-refractivity contribution is 5.46. The monoisotopic (exact) mass is 307 g/mol. The molecule has 2 aromatic heterocycles. The molecule has 0 aliphatic heterocycles. The van der Waals surface area contributed by atoms with Gasteiger partial charge in [0, 0.05) is 24.2 Å². The van der Waals surface area contributed by atoms with Gasteiger partial charge in [-0.2, -0.15) is 14.6 Å². The molecule has 3 aromatic rings. The number of hydrogen-bond donors (Lipinski definition) is 1. The van der Waals surface area contributed by atoms with Gasteiger partial charge >= 0.3 is 0 Å². The first-order valence-corrected chi connectivity index (χ1v) is 8.36. The summed E-state index contributed by atoms with van der Waals surface area (Å²) >= 11 is 0. The molecular formula is C18H21N5. The molecule has 0 radical (unpaired) electrons. The van der Waals surface area contributed by atoms with Gasteiger partial charge in [0.05, 0.1) is 0 Å². The predicted octanol–water partition coefficient (Wildman–Crippen LogP) is 3.22. The van der Waals surface area contributed by atoms with Crippen LogP contribution in [0.25, 0.3) is 5.78 Å². The van der Waals surface area contributed by atoms with Crippen molar-refractivity contribution in [2.24, 2.45) is 0 Å². The molecule has 1 aliphatic carbocycles. The van der Waals surface area contributed by atoms with Crippen molar-refractivity contribution in [2.45, 2.75) is 38.5 Å². The largest absolute Gasteiger partial charge is 0.369 e. The Morgan fingerprint density at radius 2 is 2.22 bits per heavy atom. The van der Waals surface area contributed by atoms with Gasteiger partial charge in [0.15, 0.2) is 0 Å². The van der Waals surface area contributed by atoms with Gasteiger partial charge in [0.1, 0.15) is 12.1 Å². The Balaban J connectivity index is 1.59. The van der Waals surface area contributed by atoms with Crippen LogP contribution in [0.5, 0.6) is 0 Å². The smallest absolute Gasteiger partial charge is 0.254 e. The van der Waals surface area contributed by atoms with Crippen LogP contribution in [0.1, 0.15) is 42.5 Å². The fourth-order valence-electron chi connectivity index (χ4n) is 3.46. The molecule has 0 bridgehead atoms. The molecule has 1 N–H and O–H groups in total. The first kappa shape index (κ1) is 14.2. The van der Waals surface area contributed by atoms with E-state index in [1.54, 1.807) is 10.8 Å². The van der Waals surface area contributed by atoms with Crippen LogP contribution in [0.2, 0.25) is 0 Å². The van der Waals surface area contributed by atoms with E-state index in [1.807, 2.05) is 0 Å². The van der Waals surface area contributed by atoms with E-state index < -0.39 is 0 Å². The van der Waals surface area contributed by atoms with E-state index in [-0.39, 0.29) is 0 Å². The summed E-state index contributed by atoms with van der Waals surface area (Å²) in [6, 6.07) is 10.9. The summed E-state index contributed by atoms with van der Waals surface area (Å²) in [5.74, 6) is 2.19. The summed E-state index contributed by atoms with van der Waals surface area (Å²) in [6.07, 6.45) is 6.15. The van der Waals surface area contributed by atoms with Crippen LogP contribution in [-0.2, 0) is 12.8 Å². The summed E-state index contributed by atoms with van der Waals surface area (Å²) in [6.45, 7) is 3.02. The maximum Gasteiger partial charge on any atom is 0.254 e. The number of nitrogens with zero attached hydrogens (tertiary/aromatic N) is 4. The number of benzene rings is 1. The Hall–Kier alpha value is -2.43. The summed E-state index contributed by atoms with van der Waals surface area (Å²) in [7, 11) is 0. The zero-order valence-corrected chi connectivity index (χ0v) is 13.4. The van der Waals surface area contributed by atoms with Crippen LogP contribution in [0, 0.1) is 0 Å². The Morgan fingerprint density at radius 1 is 1.30 bits per heavy atom. The van der Waals surface area contributed by atoms with Gasteiger partial charge in [-0.05, 0) is 36.8 Å². The second-order valence-electron chi connectivity index (χ2n) is 6.13. The van der Waals surface area contributed by atoms with Gasteiger partial charge < -0.3 is 5.32 Å². The second kappa shape index (κ2) is 5.99.